The summed E-state index contributed by atoms with van der Waals surface area (Å²) in [6.07, 6.45) is -1.34. The van der Waals surface area contributed by atoms with Crippen LogP contribution >= 0.6 is 0 Å². The maximum Gasteiger partial charge on any atom is 0.123 e. The lowest BCUT2D eigenvalue weighted by Gasteiger charge is -2.41. The minimum atomic E-state index is -0.688. The molecule has 25 heavy (non-hydrogen) atoms. The third kappa shape index (κ3) is 4.12. The van der Waals surface area contributed by atoms with Crippen LogP contribution in [0.15, 0.2) is 24.3 Å². The van der Waals surface area contributed by atoms with Crippen molar-refractivity contribution in [2.75, 3.05) is 58.3 Å². The van der Waals surface area contributed by atoms with Gasteiger partial charge >= 0.3 is 0 Å². The van der Waals surface area contributed by atoms with Gasteiger partial charge in [0.15, 0.2) is 0 Å². The van der Waals surface area contributed by atoms with Crippen molar-refractivity contribution in [1.82, 2.24) is 9.80 Å². The first kappa shape index (κ1) is 18.5. The van der Waals surface area contributed by atoms with Gasteiger partial charge in [0.1, 0.15) is 18.0 Å². The van der Waals surface area contributed by atoms with Crippen molar-refractivity contribution in [3.63, 3.8) is 0 Å². The predicted molar refractivity (Wildman–Crippen MR) is 94.3 cm³/mol. The number of benzene rings is 1. The molecule has 0 spiro atoms. The van der Waals surface area contributed by atoms with Crippen molar-refractivity contribution in [1.29, 1.82) is 0 Å². The molecule has 0 aromatic heterocycles. The summed E-state index contributed by atoms with van der Waals surface area (Å²) in [4.78, 5) is 6.52. The highest BCUT2D eigenvalue weighted by Crippen LogP contribution is 2.28. The minimum absolute atomic E-state index is 0.116. The Morgan fingerprint density at radius 1 is 1.12 bits per heavy atom. The Hall–Kier alpha value is -1.25. The van der Waals surface area contributed by atoms with Gasteiger partial charge in [0.25, 0.3) is 0 Å². The van der Waals surface area contributed by atoms with Crippen LogP contribution < -0.4 is 4.90 Å². The van der Waals surface area contributed by atoms with Crippen LogP contribution in [0.5, 0.6) is 0 Å². The Morgan fingerprint density at radius 2 is 1.76 bits per heavy atom. The molecular formula is C18H28FN3O3. The molecule has 2 saturated heterocycles. The molecule has 3 rings (SSSR count). The summed E-state index contributed by atoms with van der Waals surface area (Å²) in [6, 6.07) is 6.45. The number of aliphatic hydroxyl groups excluding tert-OH is 2. The van der Waals surface area contributed by atoms with Gasteiger partial charge in [-0.3, -0.25) is 4.90 Å². The normalized spacial score (nSPS) is 31.0. The molecule has 2 fully saturated rings. The minimum Gasteiger partial charge on any atom is -0.394 e. The Labute approximate surface area is 148 Å². The second-order valence-electron chi connectivity index (χ2n) is 7.14. The lowest BCUT2D eigenvalue weighted by molar-refractivity contribution is -0.0274. The smallest absolute Gasteiger partial charge is 0.123 e. The maximum atomic E-state index is 13.1. The van der Waals surface area contributed by atoms with Crippen molar-refractivity contribution in [2.24, 2.45) is 0 Å². The van der Waals surface area contributed by atoms with E-state index < -0.39 is 12.2 Å². The van der Waals surface area contributed by atoms with E-state index in [1.165, 1.54) is 12.1 Å². The maximum absolute atomic E-state index is 13.1. The Morgan fingerprint density at radius 3 is 2.32 bits per heavy atom. The van der Waals surface area contributed by atoms with E-state index in [-0.39, 0.29) is 24.6 Å². The topological polar surface area (TPSA) is 59.4 Å². The number of ether oxygens (including phenoxy) is 1. The molecule has 0 radical (unpaired) electrons. The molecule has 140 valence electrons. The third-order valence-corrected chi connectivity index (χ3v) is 5.11. The van der Waals surface area contributed by atoms with Gasteiger partial charge in [-0.15, -0.1) is 0 Å². The number of likely N-dealkylation sites (N-methyl/N-ethyl adjacent to an activating group) is 1. The Bertz CT molecular complexity index is 549. The monoisotopic (exact) mass is 353 g/mol. The van der Waals surface area contributed by atoms with Gasteiger partial charge in [0, 0.05) is 38.4 Å². The summed E-state index contributed by atoms with van der Waals surface area (Å²) in [6.45, 7) is 3.75. The van der Waals surface area contributed by atoms with E-state index in [9.17, 15) is 14.6 Å². The largest absolute Gasteiger partial charge is 0.394 e. The molecule has 0 unspecified atom stereocenters. The third-order valence-electron chi connectivity index (χ3n) is 5.11. The quantitative estimate of drug-likeness (QED) is 0.777. The Kier molecular flexibility index (Phi) is 5.91. The van der Waals surface area contributed by atoms with E-state index in [2.05, 4.69) is 9.80 Å². The molecule has 7 heteroatoms. The number of halogens is 1. The van der Waals surface area contributed by atoms with Gasteiger partial charge in [0.2, 0.25) is 0 Å². The van der Waals surface area contributed by atoms with Gasteiger partial charge in [-0.2, -0.15) is 0 Å². The lowest BCUT2D eigenvalue weighted by Crippen LogP contribution is -2.57. The van der Waals surface area contributed by atoms with Crippen LogP contribution in [0.25, 0.3) is 0 Å². The van der Waals surface area contributed by atoms with Crippen molar-refractivity contribution in [3.8, 4) is 0 Å². The molecule has 2 heterocycles. The fraction of sp³-hybridized carbons (Fsp3) is 0.667. The second-order valence-corrected chi connectivity index (χ2v) is 7.14. The number of anilines is 1. The molecule has 0 bridgehead atoms. The molecule has 2 aliphatic heterocycles. The lowest BCUT2D eigenvalue weighted by atomic mass is 10.0. The SMILES string of the molecule is CN(C)C[C@@H]1O[C@@H](CO)[C@@H](O)[C@H]1N1CCN(c2ccc(F)cc2)CC1. The molecule has 1 aromatic carbocycles. The first-order valence-electron chi connectivity index (χ1n) is 8.83. The first-order valence-corrected chi connectivity index (χ1v) is 8.83. The number of hydrogen-bond donors (Lipinski definition) is 2. The predicted octanol–water partition coefficient (Wildman–Crippen LogP) is -0.00150. The van der Waals surface area contributed by atoms with Crippen LogP contribution in [0.2, 0.25) is 0 Å². The van der Waals surface area contributed by atoms with Crippen molar-refractivity contribution in [3.05, 3.63) is 30.1 Å². The van der Waals surface area contributed by atoms with E-state index in [1.807, 2.05) is 19.0 Å². The number of aliphatic hydroxyl groups is 2. The molecule has 4 atom stereocenters. The molecule has 6 nitrogen and oxygen atoms in total. The second kappa shape index (κ2) is 7.97. The Balaban J connectivity index is 1.64. The van der Waals surface area contributed by atoms with Gasteiger partial charge in [-0.1, -0.05) is 0 Å². The fourth-order valence-corrected chi connectivity index (χ4v) is 3.87. The van der Waals surface area contributed by atoms with Crippen molar-refractivity contribution >= 4 is 5.69 Å². The van der Waals surface area contributed by atoms with Crippen LogP contribution in [0.1, 0.15) is 0 Å². The molecule has 0 aliphatic carbocycles. The molecular weight excluding hydrogens is 325 g/mol. The summed E-state index contributed by atoms with van der Waals surface area (Å²) in [5, 5.41) is 20.1. The van der Waals surface area contributed by atoms with Gasteiger partial charge in [0.05, 0.1) is 18.8 Å². The van der Waals surface area contributed by atoms with Crippen LogP contribution in [0, 0.1) is 5.82 Å². The molecule has 0 saturated carbocycles. The zero-order chi connectivity index (χ0) is 18.0. The molecule has 2 aliphatic rings. The van der Waals surface area contributed by atoms with E-state index in [0.717, 1.165) is 31.9 Å². The van der Waals surface area contributed by atoms with E-state index >= 15 is 0 Å². The van der Waals surface area contributed by atoms with E-state index in [0.29, 0.717) is 6.54 Å². The number of hydrogen-bond acceptors (Lipinski definition) is 6. The van der Waals surface area contributed by atoms with Crippen LogP contribution in [-0.4, -0.2) is 97.8 Å². The first-order chi connectivity index (χ1) is 12.0. The average molecular weight is 353 g/mol. The molecule has 1 aromatic rings. The zero-order valence-corrected chi connectivity index (χ0v) is 14.9. The highest BCUT2D eigenvalue weighted by atomic mass is 19.1. The number of nitrogens with zero attached hydrogens (tertiary/aromatic N) is 3. The summed E-state index contributed by atoms with van der Waals surface area (Å²) in [5.41, 5.74) is 1.02. The van der Waals surface area contributed by atoms with Crippen LogP contribution in [0.4, 0.5) is 10.1 Å². The number of rotatable bonds is 5. The van der Waals surface area contributed by atoms with Gasteiger partial charge < -0.3 is 24.7 Å². The summed E-state index contributed by atoms with van der Waals surface area (Å²) in [7, 11) is 3.96. The fourth-order valence-electron chi connectivity index (χ4n) is 3.87. The van der Waals surface area contributed by atoms with Crippen molar-refractivity contribution < 1.29 is 19.3 Å². The molecule has 2 N–H and O–H groups in total. The highest BCUT2D eigenvalue weighted by molar-refractivity contribution is 5.46. The summed E-state index contributed by atoms with van der Waals surface area (Å²) < 4.78 is 19.0. The van der Waals surface area contributed by atoms with Crippen molar-refractivity contribution in [2.45, 2.75) is 24.4 Å². The average Bonchev–Trinajstić information content (AvgIpc) is 2.90. The number of piperazine rings is 1. The van der Waals surface area contributed by atoms with Gasteiger partial charge in [-0.25, -0.2) is 4.39 Å². The van der Waals surface area contributed by atoms with E-state index in [4.69, 9.17) is 4.74 Å². The van der Waals surface area contributed by atoms with E-state index in [1.54, 1.807) is 12.1 Å². The van der Waals surface area contributed by atoms with Gasteiger partial charge in [-0.05, 0) is 38.4 Å². The summed E-state index contributed by atoms with van der Waals surface area (Å²) in [5.74, 6) is -0.227. The summed E-state index contributed by atoms with van der Waals surface area (Å²) >= 11 is 0. The van der Waals surface area contributed by atoms with Crippen LogP contribution in [-0.2, 0) is 4.74 Å². The zero-order valence-electron chi connectivity index (χ0n) is 14.9. The standard InChI is InChI=1S/C18H28FN3O3/c1-20(2)11-15-17(18(24)16(12-23)25-15)22-9-7-21(8-10-22)14-5-3-13(19)4-6-14/h3-6,15-18,23-24H,7-12H2,1-2H3/t15-,16-,17-,18+/m0/s1. The van der Waals surface area contributed by atoms with Crippen LogP contribution in [0.3, 0.4) is 0 Å². The molecule has 0 amide bonds. The highest BCUT2D eigenvalue weighted by Gasteiger charge is 2.46.